The van der Waals surface area contributed by atoms with Crippen LogP contribution in [0, 0.1) is 11.8 Å². The Bertz CT molecular complexity index is 1020. The van der Waals surface area contributed by atoms with Gasteiger partial charge in [0, 0.05) is 40.3 Å². The standard InChI is InChI=1S/C27H35ClN4O3/c1-30(2)26(34)24-23(28)17-22(18-29-24)31-12-8-19(9-13-31)16-20-10-14-32(15-11-20)27(35)25(33)21-6-4-3-5-7-21/h3-7,17-20,25,33H,8-16H2,1-2H3. The zero-order valence-corrected chi connectivity index (χ0v) is 21.3. The van der Waals surface area contributed by atoms with Crippen molar-refractivity contribution in [1.82, 2.24) is 14.8 Å². The lowest BCUT2D eigenvalue weighted by atomic mass is 9.82. The summed E-state index contributed by atoms with van der Waals surface area (Å²) in [7, 11) is 3.38. The van der Waals surface area contributed by atoms with Crippen molar-refractivity contribution in [2.45, 2.75) is 38.2 Å². The van der Waals surface area contributed by atoms with E-state index in [1.165, 1.54) is 11.3 Å². The third kappa shape index (κ3) is 6.14. The van der Waals surface area contributed by atoms with Crippen LogP contribution in [-0.2, 0) is 4.79 Å². The van der Waals surface area contributed by atoms with Crippen LogP contribution in [0.3, 0.4) is 0 Å². The van der Waals surface area contributed by atoms with Crippen LogP contribution >= 0.6 is 11.6 Å². The quantitative estimate of drug-likeness (QED) is 0.651. The van der Waals surface area contributed by atoms with Gasteiger partial charge in [-0.15, -0.1) is 0 Å². The Hall–Kier alpha value is -2.64. The number of carbonyl (C=O) groups is 2. The number of rotatable bonds is 6. The number of amides is 2. The Morgan fingerprint density at radius 1 is 1.06 bits per heavy atom. The van der Waals surface area contributed by atoms with Gasteiger partial charge in [-0.05, 0) is 55.6 Å². The van der Waals surface area contributed by atoms with E-state index in [1.54, 1.807) is 32.4 Å². The number of aliphatic hydroxyl groups is 1. The minimum atomic E-state index is -1.07. The maximum absolute atomic E-state index is 12.7. The van der Waals surface area contributed by atoms with Crippen molar-refractivity contribution in [1.29, 1.82) is 0 Å². The lowest BCUT2D eigenvalue weighted by Crippen LogP contribution is -2.42. The number of carbonyl (C=O) groups excluding carboxylic acids is 2. The molecule has 0 bridgehead atoms. The fraction of sp³-hybridized carbons (Fsp3) is 0.519. The molecule has 2 aliphatic heterocycles. The van der Waals surface area contributed by atoms with Gasteiger partial charge in [0.1, 0.15) is 5.69 Å². The lowest BCUT2D eigenvalue weighted by molar-refractivity contribution is -0.142. The number of halogens is 1. The van der Waals surface area contributed by atoms with Gasteiger partial charge >= 0.3 is 0 Å². The molecule has 2 saturated heterocycles. The number of piperidine rings is 2. The molecule has 3 heterocycles. The summed E-state index contributed by atoms with van der Waals surface area (Å²) in [4.78, 5) is 34.8. The highest BCUT2D eigenvalue weighted by atomic mass is 35.5. The molecule has 1 unspecified atom stereocenters. The maximum atomic E-state index is 12.7. The molecular weight excluding hydrogens is 464 g/mol. The molecule has 7 nitrogen and oxygen atoms in total. The highest BCUT2D eigenvalue weighted by Gasteiger charge is 2.30. The van der Waals surface area contributed by atoms with Crippen LogP contribution in [0.5, 0.6) is 0 Å². The van der Waals surface area contributed by atoms with E-state index >= 15 is 0 Å². The molecule has 2 amide bonds. The fourth-order valence-corrected chi connectivity index (χ4v) is 5.45. The summed E-state index contributed by atoms with van der Waals surface area (Å²) in [6, 6.07) is 11.0. The van der Waals surface area contributed by atoms with E-state index in [-0.39, 0.29) is 17.5 Å². The highest BCUT2D eigenvalue weighted by molar-refractivity contribution is 6.33. The van der Waals surface area contributed by atoms with Gasteiger partial charge in [-0.25, -0.2) is 4.98 Å². The van der Waals surface area contributed by atoms with Gasteiger partial charge in [0.2, 0.25) is 0 Å². The molecule has 0 saturated carbocycles. The number of pyridine rings is 1. The van der Waals surface area contributed by atoms with Crippen molar-refractivity contribution in [2.75, 3.05) is 45.2 Å². The van der Waals surface area contributed by atoms with E-state index in [0.717, 1.165) is 44.5 Å². The average Bonchev–Trinajstić information content (AvgIpc) is 2.88. The van der Waals surface area contributed by atoms with Crippen molar-refractivity contribution in [2.24, 2.45) is 11.8 Å². The SMILES string of the molecule is CN(C)C(=O)c1ncc(N2CCC(CC3CCN(C(=O)C(O)c4ccccc4)CC3)CC2)cc1Cl. The molecular formula is C27H35ClN4O3. The van der Waals surface area contributed by atoms with Crippen LogP contribution < -0.4 is 4.90 Å². The minimum absolute atomic E-state index is 0.187. The molecule has 4 rings (SSSR count). The smallest absolute Gasteiger partial charge is 0.273 e. The van der Waals surface area contributed by atoms with Crippen molar-refractivity contribution >= 4 is 29.1 Å². The summed E-state index contributed by atoms with van der Waals surface area (Å²) in [6.45, 7) is 3.33. The number of aromatic nitrogens is 1. The molecule has 8 heteroatoms. The first-order valence-corrected chi connectivity index (χ1v) is 12.8. The van der Waals surface area contributed by atoms with E-state index in [9.17, 15) is 14.7 Å². The second-order valence-corrected chi connectivity index (χ2v) is 10.4. The molecule has 1 aromatic carbocycles. The molecule has 2 fully saturated rings. The third-order valence-electron chi connectivity index (χ3n) is 7.36. The Morgan fingerprint density at radius 2 is 1.66 bits per heavy atom. The van der Waals surface area contributed by atoms with Crippen molar-refractivity contribution in [3.8, 4) is 0 Å². The monoisotopic (exact) mass is 498 g/mol. The molecule has 188 valence electrons. The zero-order valence-electron chi connectivity index (χ0n) is 20.6. The summed E-state index contributed by atoms with van der Waals surface area (Å²) >= 11 is 6.35. The Balaban J connectivity index is 1.23. The number of benzene rings is 1. The van der Waals surface area contributed by atoms with Gasteiger partial charge in [-0.1, -0.05) is 41.9 Å². The number of hydrogen-bond acceptors (Lipinski definition) is 5. The molecule has 0 aliphatic carbocycles. The lowest BCUT2D eigenvalue weighted by Gasteiger charge is -2.38. The predicted octanol–water partition coefficient (Wildman–Crippen LogP) is 4.02. The normalized spacial score (nSPS) is 18.4. The summed E-state index contributed by atoms with van der Waals surface area (Å²) in [5.74, 6) is 0.916. The summed E-state index contributed by atoms with van der Waals surface area (Å²) in [5, 5.41) is 10.8. The first-order chi connectivity index (χ1) is 16.8. The molecule has 0 radical (unpaired) electrons. The Morgan fingerprint density at radius 3 is 2.23 bits per heavy atom. The molecule has 35 heavy (non-hydrogen) atoms. The average molecular weight is 499 g/mol. The first kappa shape index (κ1) is 25.5. The number of anilines is 1. The van der Waals surface area contributed by atoms with Crippen LogP contribution in [0.4, 0.5) is 5.69 Å². The molecule has 2 aromatic rings. The van der Waals surface area contributed by atoms with Gasteiger partial charge in [0.15, 0.2) is 6.10 Å². The minimum Gasteiger partial charge on any atom is -0.378 e. The van der Waals surface area contributed by atoms with Gasteiger partial charge in [-0.3, -0.25) is 9.59 Å². The second kappa shape index (κ2) is 11.4. The largest absolute Gasteiger partial charge is 0.378 e. The van der Waals surface area contributed by atoms with Gasteiger partial charge in [0.05, 0.1) is 16.9 Å². The van der Waals surface area contributed by atoms with E-state index < -0.39 is 6.10 Å². The topological polar surface area (TPSA) is 77.0 Å². The van der Waals surface area contributed by atoms with Crippen LogP contribution in [-0.4, -0.2) is 72.0 Å². The van der Waals surface area contributed by atoms with Crippen LogP contribution in [0.1, 0.15) is 54.3 Å². The Kier molecular flexibility index (Phi) is 8.29. The Labute approximate surface area is 212 Å². The van der Waals surface area contributed by atoms with Crippen molar-refractivity contribution in [3.05, 3.63) is 58.9 Å². The zero-order chi connectivity index (χ0) is 24.9. The predicted molar refractivity (Wildman–Crippen MR) is 138 cm³/mol. The molecule has 0 spiro atoms. The number of hydrogen-bond donors (Lipinski definition) is 1. The van der Waals surface area contributed by atoms with Crippen LogP contribution in [0.2, 0.25) is 5.02 Å². The van der Waals surface area contributed by atoms with Crippen molar-refractivity contribution < 1.29 is 14.7 Å². The number of aliphatic hydroxyl groups excluding tert-OH is 1. The van der Waals surface area contributed by atoms with Crippen LogP contribution in [0.15, 0.2) is 42.6 Å². The summed E-state index contributed by atoms with van der Waals surface area (Å²) in [5.41, 5.74) is 1.91. The number of nitrogens with zero attached hydrogens (tertiary/aromatic N) is 4. The summed E-state index contributed by atoms with van der Waals surface area (Å²) < 4.78 is 0. The van der Waals surface area contributed by atoms with Crippen molar-refractivity contribution in [3.63, 3.8) is 0 Å². The molecule has 1 N–H and O–H groups in total. The molecule has 1 atom stereocenters. The van der Waals surface area contributed by atoms with Gasteiger partial charge < -0.3 is 19.8 Å². The first-order valence-electron chi connectivity index (χ1n) is 12.5. The number of likely N-dealkylation sites (tertiary alicyclic amines) is 1. The van der Waals surface area contributed by atoms with Gasteiger partial charge in [0.25, 0.3) is 11.8 Å². The fourth-order valence-electron chi connectivity index (χ4n) is 5.21. The van der Waals surface area contributed by atoms with Gasteiger partial charge in [-0.2, -0.15) is 0 Å². The van der Waals surface area contributed by atoms with Crippen LogP contribution in [0.25, 0.3) is 0 Å². The summed E-state index contributed by atoms with van der Waals surface area (Å²) in [6.07, 6.45) is 6.08. The van der Waals surface area contributed by atoms with E-state index in [0.29, 0.717) is 35.5 Å². The maximum Gasteiger partial charge on any atom is 0.273 e. The van der Waals surface area contributed by atoms with E-state index in [2.05, 4.69) is 9.88 Å². The second-order valence-electron chi connectivity index (χ2n) is 9.97. The van der Waals surface area contributed by atoms with E-state index in [4.69, 9.17) is 11.6 Å². The highest BCUT2D eigenvalue weighted by Crippen LogP contribution is 2.33. The third-order valence-corrected chi connectivity index (χ3v) is 7.65. The molecule has 2 aliphatic rings. The van der Waals surface area contributed by atoms with E-state index in [1.807, 2.05) is 29.2 Å². The molecule has 1 aromatic heterocycles.